The van der Waals surface area contributed by atoms with Gasteiger partial charge in [0.05, 0.1) is 12.6 Å². The van der Waals surface area contributed by atoms with E-state index in [0.29, 0.717) is 18.8 Å². The zero-order chi connectivity index (χ0) is 28.9. The van der Waals surface area contributed by atoms with E-state index in [1.807, 2.05) is 18.2 Å². The van der Waals surface area contributed by atoms with Gasteiger partial charge in [-0.3, -0.25) is 14.9 Å². The van der Waals surface area contributed by atoms with E-state index in [2.05, 4.69) is 65.3 Å². The van der Waals surface area contributed by atoms with Crippen molar-refractivity contribution in [1.29, 1.82) is 0 Å². The van der Waals surface area contributed by atoms with Crippen molar-refractivity contribution >= 4 is 11.9 Å². The van der Waals surface area contributed by atoms with E-state index in [9.17, 15) is 24.9 Å². The van der Waals surface area contributed by atoms with Crippen LogP contribution in [0.25, 0.3) is 0 Å². The van der Waals surface area contributed by atoms with Crippen LogP contribution in [0.15, 0.2) is 84.0 Å². The topological polar surface area (TPSA) is 165 Å². The third kappa shape index (κ3) is 10.0. The number of hydrogen-bond donors (Lipinski definition) is 7. The Labute approximate surface area is 235 Å². The first kappa shape index (κ1) is 31.2. The molecule has 5 unspecified atom stereocenters. The number of aliphatic carboxylic acids is 1. The third-order valence-electron chi connectivity index (χ3n) is 7.13. The van der Waals surface area contributed by atoms with Crippen LogP contribution in [0, 0.1) is 0 Å². The minimum atomic E-state index is -1.46. The Morgan fingerprint density at radius 3 is 2.55 bits per heavy atom. The van der Waals surface area contributed by atoms with Gasteiger partial charge in [-0.25, -0.2) is 0 Å². The largest absolute Gasteiger partial charge is 0.481 e. The highest BCUT2D eigenvalue weighted by molar-refractivity contribution is 5.82. The van der Waals surface area contributed by atoms with Crippen LogP contribution in [-0.4, -0.2) is 63.4 Å². The maximum absolute atomic E-state index is 12.5. The summed E-state index contributed by atoms with van der Waals surface area (Å²) in [6.07, 6.45) is 18.3. The van der Waals surface area contributed by atoms with Crippen LogP contribution in [-0.2, 0) is 16.0 Å². The molecule has 0 heterocycles. The van der Waals surface area contributed by atoms with Gasteiger partial charge in [0.2, 0.25) is 5.91 Å². The maximum Gasteiger partial charge on any atom is 0.303 e. The highest BCUT2D eigenvalue weighted by Gasteiger charge is 2.25. The Morgan fingerprint density at radius 2 is 1.85 bits per heavy atom. The summed E-state index contributed by atoms with van der Waals surface area (Å²) in [4.78, 5) is 23.3. The molecule has 0 fully saturated rings. The molecule has 216 valence electrons. The molecule has 0 aliphatic heterocycles. The minimum Gasteiger partial charge on any atom is -0.481 e. The summed E-state index contributed by atoms with van der Waals surface area (Å²) >= 11 is 0. The number of allylic oxidation sites excluding steroid dienone is 10. The zero-order valence-electron chi connectivity index (χ0n) is 22.7. The average Bonchev–Trinajstić information content (AvgIpc) is 3.36. The van der Waals surface area contributed by atoms with Crippen LogP contribution < -0.4 is 16.4 Å². The van der Waals surface area contributed by atoms with Gasteiger partial charge in [0.25, 0.3) is 0 Å². The number of carbonyl (C=O) groups excluding carboxylic acids is 1. The molecule has 0 radical (unpaired) electrons. The van der Waals surface area contributed by atoms with E-state index in [1.165, 1.54) is 16.7 Å². The molecule has 3 rings (SSSR count). The van der Waals surface area contributed by atoms with Crippen LogP contribution in [0.1, 0.15) is 55.6 Å². The van der Waals surface area contributed by atoms with Crippen LogP contribution >= 0.6 is 0 Å². The van der Waals surface area contributed by atoms with E-state index < -0.39 is 43.0 Å². The van der Waals surface area contributed by atoms with Gasteiger partial charge >= 0.3 is 5.97 Å². The summed E-state index contributed by atoms with van der Waals surface area (Å²) in [5.41, 5.74) is 10.3. The zero-order valence-corrected chi connectivity index (χ0v) is 22.7. The molecule has 0 aromatic heterocycles. The molecule has 0 bridgehead atoms. The van der Waals surface area contributed by atoms with Crippen LogP contribution in [0.4, 0.5) is 0 Å². The second kappa shape index (κ2) is 16.1. The molecule has 40 heavy (non-hydrogen) atoms. The van der Waals surface area contributed by atoms with Crippen molar-refractivity contribution in [3.8, 4) is 0 Å². The lowest BCUT2D eigenvalue weighted by molar-refractivity contribution is -0.138. The number of rotatable bonds is 14. The van der Waals surface area contributed by atoms with Gasteiger partial charge in [0.1, 0.15) is 18.5 Å². The summed E-state index contributed by atoms with van der Waals surface area (Å²) in [6.45, 7) is -0.597. The fourth-order valence-electron chi connectivity index (χ4n) is 4.76. The highest BCUT2D eigenvalue weighted by atomic mass is 16.4. The highest BCUT2D eigenvalue weighted by Crippen LogP contribution is 2.30. The fraction of sp³-hybridized carbons (Fsp3) is 0.419. The molecule has 9 nitrogen and oxygen atoms in total. The molecule has 1 aromatic rings. The van der Waals surface area contributed by atoms with Gasteiger partial charge in [-0.15, -0.1) is 0 Å². The van der Waals surface area contributed by atoms with Gasteiger partial charge in [0, 0.05) is 12.3 Å². The Balaban J connectivity index is 1.49. The number of aliphatic hydroxyl groups excluding tert-OH is 3. The Morgan fingerprint density at radius 1 is 1.07 bits per heavy atom. The van der Waals surface area contributed by atoms with Crippen molar-refractivity contribution in [2.75, 3.05) is 6.61 Å². The van der Waals surface area contributed by atoms with E-state index in [0.717, 1.165) is 24.8 Å². The van der Waals surface area contributed by atoms with Gasteiger partial charge in [0.15, 0.2) is 0 Å². The second-order valence-electron chi connectivity index (χ2n) is 10.1. The summed E-state index contributed by atoms with van der Waals surface area (Å²) in [5.74, 6) is -1.46. The molecular weight excluding hydrogens is 510 g/mol. The number of hydrogen-bond acceptors (Lipinski definition) is 7. The number of carboxylic acid groups (broad SMARTS) is 1. The number of amides is 1. The molecule has 2 aliphatic rings. The third-order valence-corrected chi connectivity index (χ3v) is 7.13. The number of aryl methyl sites for hydroxylation is 1. The monoisotopic (exact) mass is 551 g/mol. The van der Waals surface area contributed by atoms with Crippen molar-refractivity contribution in [2.45, 2.75) is 75.4 Å². The Hall–Kier alpha value is -3.34. The second-order valence-corrected chi connectivity index (χ2v) is 10.1. The quantitative estimate of drug-likeness (QED) is 0.173. The summed E-state index contributed by atoms with van der Waals surface area (Å²) in [7, 11) is 0. The molecule has 2 aliphatic carbocycles. The number of benzene rings is 1. The van der Waals surface area contributed by atoms with Crippen molar-refractivity contribution in [1.82, 2.24) is 10.6 Å². The Bertz CT molecular complexity index is 1140. The van der Waals surface area contributed by atoms with Crippen LogP contribution in [0.3, 0.4) is 0 Å². The summed E-state index contributed by atoms with van der Waals surface area (Å²) in [6, 6.07) is 6.18. The first-order valence-electron chi connectivity index (χ1n) is 13.8. The standard InChI is InChI=1S/C31H41N3O6/c32-30(39)26(17-19-29(37)38)34-31(40)27(20-35)33-28(36)18-12-21-10-13-25(14-11-21)24-9-5-8-23(15-16-24)22-6-3-1-2-4-7-22/h1-4,6,8,10-11,13-16,24,26-28,30,33,35-36,39H,5,7,9,12,17-20,32H2,(H,34,40)(H,37,38). The minimum absolute atomic E-state index is 0.0724. The number of carbonyl (C=O) groups is 2. The lowest BCUT2D eigenvalue weighted by atomic mass is 9.93. The predicted molar refractivity (Wildman–Crippen MR) is 154 cm³/mol. The number of nitrogens with one attached hydrogen (secondary N) is 2. The van der Waals surface area contributed by atoms with Crippen molar-refractivity contribution < 1.29 is 30.0 Å². The molecule has 1 amide bonds. The maximum atomic E-state index is 12.5. The van der Waals surface area contributed by atoms with Crippen molar-refractivity contribution in [3.63, 3.8) is 0 Å². The van der Waals surface area contributed by atoms with E-state index in [4.69, 9.17) is 10.8 Å². The van der Waals surface area contributed by atoms with E-state index in [1.54, 1.807) is 0 Å². The van der Waals surface area contributed by atoms with Crippen LogP contribution in [0.2, 0.25) is 0 Å². The molecule has 0 saturated carbocycles. The Kier molecular flexibility index (Phi) is 12.5. The van der Waals surface area contributed by atoms with Gasteiger partial charge < -0.3 is 31.5 Å². The number of nitrogens with two attached hydrogens (primary N) is 1. The summed E-state index contributed by atoms with van der Waals surface area (Å²) in [5, 5.41) is 43.7. The molecule has 0 saturated heterocycles. The SMILES string of the molecule is NC(O)C(CCC(=O)O)NC(=O)C(CO)NC(O)CCc1ccc(C2C=CC(C3=CC=CC=CC3)=CCC2)cc1. The van der Waals surface area contributed by atoms with E-state index in [-0.39, 0.29) is 12.8 Å². The number of aliphatic hydroxyl groups is 3. The van der Waals surface area contributed by atoms with Crippen molar-refractivity contribution in [3.05, 3.63) is 95.1 Å². The molecule has 9 heteroatoms. The van der Waals surface area contributed by atoms with Gasteiger partial charge in [-0.2, -0.15) is 0 Å². The predicted octanol–water partition coefficient (Wildman–Crippen LogP) is 2.32. The van der Waals surface area contributed by atoms with Crippen LogP contribution in [0.5, 0.6) is 0 Å². The molecule has 1 aromatic carbocycles. The van der Waals surface area contributed by atoms with Gasteiger partial charge in [-0.1, -0.05) is 72.9 Å². The molecular formula is C31H41N3O6. The van der Waals surface area contributed by atoms with Gasteiger partial charge in [-0.05, 0) is 60.8 Å². The first-order chi connectivity index (χ1) is 19.3. The normalized spacial score (nSPS) is 19.9. The molecule has 8 N–H and O–H groups in total. The molecule has 5 atom stereocenters. The first-order valence-corrected chi connectivity index (χ1v) is 13.8. The lowest BCUT2D eigenvalue weighted by Crippen LogP contribution is -2.56. The van der Waals surface area contributed by atoms with Crippen molar-refractivity contribution in [2.24, 2.45) is 5.73 Å². The molecule has 0 spiro atoms. The average molecular weight is 552 g/mol. The smallest absolute Gasteiger partial charge is 0.303 e. The fourth-order valence-corrected chi connectivity index (χ4v) is 4.76. The van der Waals surface area contributed by atoms with E-state index >= 15 is 0 Å². The number of carboxylic acids is 1. The summed E-state index contributed by atoms with van der Waals surface area (Å²) < 4.78 is 0. The lowest BCUT2D eigenvalue weighted by Gasteiger charge is -2.25.